The molecule has 0 amide bonds. The summed E-state index contributed by atoms with van der Waals surface area (Å²) in [7, 11) is 0. The third-order valence-electron chi connectivity index (χ3n) is 2.09. The van der Waals surface area contributed by atoms with Crippen LogP contribution in [-0.2, 0) is 0 Å². The summed E-state index contributed by atoms with van der Waals surface area (Å²) in [5, 5.41) is 7.10. The molecule has 0 radical (unpaired) electrons. The average Bonchev–Trinajstić information content (AvgIpc) is 2.33. The maximum atomic E-state index is 13.4. The van der Waals surface area contributed by atoms with Crippen molar-refractivity contribution in [3.05, 3.63) is 29.6 Å². The second-order valence-corrected chi connectivity index (χ2v) is 3.66. The molecule has 0 spiro atoms. The van der Waals surface area contributed by atoms with Crippen molar-refractivity contribution in [2.24, 2.45) is 21.7 Å². The molecule has 5 nitrogen and oxygen atoms in total. The Kier molecular flexibility index (Phi) is 5.63. The lowest BCUT2D eigenvalue weighted by Gasteiger charge is -2.06. The first kappa shape index (κ1) is 14.0. The highest BCUT2D eigenvalue weighted by Crippen LogP contribution is 2.18. The van der Waals surface area contributed by atoms with E-state index in [0.29, 0.717) is 12.2 Å². The van der Waals surface area contributed by atoms with Gasteiger partial charge in [0.1, 0.15) is 0 Å². The van der Waals surface area contributed by atoms with Crippen LogP contribution in [-0.4, -0.2) is 18.8 Å². The highest BCUT2D eigenvalue weighted by atomic mass is 19.1. The SMILES string of the molecule is CCCCOc1cc(C=NN=C(N)N)ccc1F. The predicted molar refractivity (Wildman–Crippen MR) is 70.2 cm³/mol. The Bertz CT molecular complexity index is 442. The quantitative estimate of drug-likeness (QED) is 0.349. The maximum absolute atomic E-state index is 13.4. The minimum atomic E-state index is -0.398. The third kappa shape index (κ3) is 4.82. The second-order valence-electron chi connectivity index (χ2n) is 3.66. The summed E-state index contributed by atoms with van der Waals surface area (Å²) in [6, 6.07) is 4.43. The van der Waals surface area contributed by atoms with Crippen LogP contribution in [0, 0.1) is 5.82 Å². The van der Waals surface area contributed by atoms with Gasteiger partial charge in [0.25, 0.3) is 0 Å². The van der Waals surface area contributed by atoms with E-state index < -0.39 is 5.82 Å². The molecule has 0 atom stereocenters. The standard InChI is InChI=1S/C12H17FN4O/c1-2-3-6-18-11-7-9(4-5-10(11)13)8-16-17-12(14)15/h4-5,7-8H,2-3,6H2,1H3,(H4,14,15,17). The molecule has 1 aromatic rings. The number of benzene rings is 1. The van der Waals surface area contributed by atoms with E-state index in [-0.39, 0.29) is 11.7 Å². The fourth-order valence-electron chi connectivity index (χ4n) is 1.20. The lowest BCUT2D eigenvalue weighted by Crippen LogP contribution is -2.21. The number of rotatable bonds is 6. The minimum absolute atomic E-state index is 0.132. The summed E-state index contributed by atoms with van der Waals surface area (Å²) in [5.74, 6) is -0.324. The second kappa shape index (κ2) is 7.26. The van der Waals surface area contributed by atoms with Crippen molar-refractivity contribution < 1.29 is 9.13 Å². The number of hydrogen-bond acceptors (Lipinski definition) is 3. The molecule has 4 N–H and O–H groups in total. The van der Waals surface area contributed by atoms with E-state index in [1.54, 1.807) is 12.1 Å². The highest BCUT2D eigenvalue weighted by molar-refractivity contribution is 5.82. The Morgan fingerprint density at radius 3 is 2.89 bits per heavy atom. The van der Waals surface area contributed by atoms with E-state index in [0.717, 1.165) is 12.8 Å². The molecule has 0 aliphatic carbocycles. The van der Waals surface area contributed by atoms with Crippen molar-refractivity contribution in [3.8, 4) is 5.75 Å². The van der Waals surface area contributed by atoms with Crippen LogP contribution in [0.25, 0.3) is 0 Å². The van der Waals surface area contributed by atoms with Crippen molar-refractivity contribution in [3.63, 3.8) is 0 Å². The Balaban J connectivity index is 2.74. The summed E-state index contributed by atoms with van der Waals surface area (Å²) in [6.07, 6.45) is 3.30. The predicted octanol–water partition coefficient (Wildman–Crippen LogP) is 1.61. The van der Waals surface area contributed by atoms with Gasteiger partial charge in [-0.25, -0.2) is 4.39 Å². The molecule has 98 valence electrons. The van der Waals surface area contributed by atoms with E-state index >= 15 is 0 Å². The van der Waals surface area contributed by atoms with Crippen LogP contribution in [0.5, 0.6) is 5.75 Å². The Labute approximate surface area is 105 Å². The first-order valence-corrected chi connectivity index (χ1v) is 5.67. The molecular weight excluding hydrogens is 235 g/mol. The van der Waals surface area contributed by atoms with Crippen molar-refractivity contribution in [1.29, 1.82) is 0 Å². The van der Waals surface area contributed by atoms with E-state index in [1.165, 1.54) is 12.3 Å². The van der Waals surface area contributed by atoms with Gasteiger partial charge < -0.3 is 16.2 Å². The zero-order chi connectivity index (χ0) is 13.4. The van der Waals surface area contributed by atoms with Gasteiger partial charge in [-0.1, -0.05) is 19.4 Å². The van der Waals surface area contributed by atoms with Gasteiger partial charge in [-0.15, -0.1) is 5.10 Å². The normalized spacial score (nSPS) is 10.6. The fraction of sp³-hybridized carbons (Fsp3) is 0.333. The number of halogens is 1. The van der Waals surface area contributed by atoms with Gasteiger partial charge >= 0.3 is 0 Å². The fourth-order valence-corrected chi connectivity index (χ4v) is 1.20. The topological polar surface area (TPSA) is 86.0 Å². The summed E-state index contributed by atoms with van der Waals surface area (Å²) in [5.41, 5.74) is 10.9. The van der Waals surface area contributed by atoms with Gasteiger partial charge in [0.05, 0.1) is 12.8 Å². The molecule has 0 aromatic heterocycles. The lowest BCUT2D eigenvalue weighted by atomic mass is 10.2. The molecule has 0 saturated carbocycles. The Morgan fingerprint density at radius 2 is 2.22 bits per heavy atom. The van der Waals surface area contributed by atoms with Gasteiger partial charge in [-0.2, -0.15) is 5.10 Å². The smallest absolute Gasteiger partial charge is 0.211 e. The van der Waals surface area contributed by atoms with E-state index in [4.69, 9.17) is 16.2 Å². The Morgan fingerprint density at radius 1 is 1.44 bits per heavy atom. The van der Waals surface area contributed by atoms with Crippen LogP contribution < -0.4 is 16.2 Å². The molecule has 6 heteroatoms. The summed E-state index contributed by atoms with van der Waals surface area (Å²) >= 11 is 0. The van der Waals surface area contributed by atoms with Gasteiger partial charge in [0.15, 0.2) is 11.6 Å². The monoisotopic (exact) mass is 252 g/mol. The minimum Gasteiger partial charge on any atom is -0.490 e. The first-order valence-electron chi connectivity index (χ1n) is 5.67. The molecule has 0 bridgehead atoms. The Hall–Kier alpha value is -2.11. The molecule has 1 rings (SSSR count). The van der Waals surface area contributed by atoms with E-state index in [2.05, 4.69) is 10.2 Å². The molecule has 0 saturated heterocycles. The van der Waals surface area contributed by atoms with Crippen molar-refractivity contribution >= 4 is 12.2 Å². The molecule has 0 aliphatic rings. The van der Waals surface area contributed by atoms with Crippen LogP contribution in [0.3, 0.4) is 0 Å². The van der Waals surface area contributed by atoms with Crippen LogP contribution in [0.15, 0.2) is 28.4 Å². The first-order chi connectivity index (χ1) is 8.63. The van der Waals surface area contributed by atoms with Crippen LogP contribution >= 0.6 is 0 Å². The third-order valence-corrected chi connectivity index (χ3v) is 2.09. The molecule has 0 aliphatic heterocycles. The maximum Gasteiger partial charge on any atom is 0.211 e. The van der Waals surface area contributed by atoms with E-state index in [1.807, 2.05) is 6.92 Å². The number of nitrogens with two attached hydrogens (primary N) is 2. The highest BCUT2D eigenvalue weighted by Gasteiger charge is 2.03. The average molecular weight is 252 g/mol. The van der Waals surface area contributed by atoms with Crippen molar-refractivity contribution in [1.82, 2.24) is 0 Å². The van der Waals surface area contributed by atoms with Gasteiger partial charge in [-0.05, 0) is 24.1 Å². The van der Waals surface area contributed by atoms with Crippen molar-refractivity contribution in [2.75, 3.05) is 6.61 Å². The largest absolute Gasteiger partial charge is 0.490 e. The molecule has 0 fully saturated rings. The van der Waals surface area contributed by atoms with Crippen LogP contribution in [0.1, 0.15) is 25.3 Å². The zero-order valence-electron chi connectivity index (χ0n) is 10.3. The summed E-state index contributed by atoms with van der Waals surface area (Å²) in [4.78, 5) is 0. The molecule has 0 heterocycles. The van der Waals surface area contributed by atoms with Gasteiger partial charge in [0, 0.05) is 0 Å². The summed E-state index contributed by atoms with van der Waals surface area (Å²) < 4.78 is 18.7. The summed E-state index contributed by atoms with van der Waals surface area (Å²) in [6.45, 7) is 2.53. The van der Waals surface area contributed by atoms with Crippen molar-refractivity contribution in [2.45, 2.75) is 19.8 Å². The van der Waals surface area contributed by atoms with Crippen LogP contribution in [0.4, 0.5) is 4.39 Å². The molecule has 0 unspecified atom stereocenters. The van der Waals surface area contributed by atoms with Crippen LogP contribution in [0.2, 0.25) is 0 Å². The van der Waals surface area contributed by atoms with Gasteiger partial charge in [-0.3, -0.25) is 0 Å². The number of guanidine groups is 1. The number of unbranched alkanes of at least 4 members (excludes halogenated alkanes) is 1. The number of hydrogen-bond donors (Lipinski definition) is 2. The number of ether oxygens (including phenoxy) is 1. The number of nitrogens with zero attached hydrogens (tertiary/aromatic N) is 2. The van der Waals surface area contributed by atoms with E-state index in [9.17, 15) is 4.39 Å². The molecule has 1 aromatic carbocycles. The zero-order valence-corrected chi connectivity index (χ0v) is 10.3. The van der Waals surface area contributed by atoms with Gasteiger partial charge in [0.2, 0.25) is 5.96 Å². The molecular formula is C12H17FN4O. The molecule has 18 heavy (non-hydrogen) atoms. The lowest BCUT2D eigenvalue weighted by molar-refractivity contribution is 0.294.